The van der Waals surface area contributed by atoms with Crippen LogP contribution in [0.2, 0.25) is 0 Å². The maximum atomic E-state index is 12.2. The lowest BCUT2D eigenvalue weighted by Gasteiger charge is -2.07. The molecular weight excluding hydrogens is 382 g/mol. The Morgan fingerprint density at radius 1 is 1.30 bits per heavy atom. The number of nitrogens with zero attached hydrogens (tertiary/aromatic N) is 6. The zero-order valence-electron chi connectivity index (χ0n) is 14.4. The number of hydrogen-bond acceptors (Lipinski definition) is 8. The van der Waals surface area contributed by atoms with Crippen molar-refractivity contribution in [1.82, 2.24) is 29.9 Å². The molecule has 1 aliphatic rings. The van der Waals surface area contributed by atoms with Crippen LogP contribution >= 0.6 is 23.1 Å². The number of thioether (sulfide) groups is 1. The topological polar surface area (TPSA) is 98.5 Å². The molecule has 8 nitrogen and oxygen atoms in total. The van der Waals surface area contributed by atoms with Crippen molar-refractivity contribution >= 4 is 34.1 Å². The van der Waals surface area contributed by atoms with Crippen LogP contribution in [0.25, 0.3) is 11.4 Å². The van der Waals surface area contributed by atoms with E-state index in [0.29, 0.717) is 22.8 Å². The van der Waals surface area contributed by atoms with Crippen LogP contribution < -0.4 is 5.32 Å². The predicted octanol–water partition coefficient (Wildman–Crippen LogP) is 2.99. The van der Waals surface area contributed by atoms with Crippen molar-refractivity contribution in [2.24, 2.45) is 0 Å². The molecule has 0 saturated heterocycles. The first-order chi connectivity index (χ1) is 13.2. The molecule has 0 atom stereocenters. The van der Waals surface area contributed by atoms with E-state index in [1.807, 2.05) is 16.7 Å². The van der Waals surface area contributed by atoms with Gasteiger partial charge in [0.05, 0.1) is 5.75 Å². The Bertz CT molecular complexity index is 949. The lowest BCUT2D eigenvalue weighted by molar-refractivity contribution is -0.113. The second-order valence-corrected chi connectivity index (χ2v) is 7.95. The minimum absolute atomic E-state index is 0.142. The van der Waals surface area contributed by atoms with Crippen molar-refractivity contribution in [1.29, 1.82) is 0 Å². The Labute approximate surface area is 164 Å². The van der Waals surface area contributed by atoms with Crippen LogP contribution in [0.3, 0.4) is 0 Å². The van der Waals surface area contributed by atoms with Gasteiger partial charge in [0.25, 0.3) is 0 Å². The fraction of sp³-hybridized carbons (Fsp3) is 0.294. The number of rotatable bonds is 8. The number of hydrogen-bond donors (Lipinski definition) is 1. The third-order valence-electron chi connectivity index (χ3n) is 3.91. The van der Waals surface area contributed by atoms with Gasteiger partial charge in [-0.15, -0.1) is 27.0 Å². The summed E-state index contributed by atoms with van der Waals surface area (Å²) in [4.78, 5) is 16.3. The van der Waals surface area contributed by atoms with E-state index in [9.17, 15) is 4.79 Å². The van der Waals surface area contributed by atoms with Crippen molar-refractivity contribution in [2.75, 3.05) is 11.1 Å². The minimum Gasteiger partial charge on any atom is -0.300 e. The van der Waals surface area contributed by atoms with Crippen LogP contribution in [-0.2, 0) is 11.3 Å². The molecule has 3 heterocycles. The molecule has 0 aliphatic heterocycles. The van der Waals surface area contributed by atoms with E-state index in [0.717, 1.165) is 29.2 Å². The number of amides is 1. The number of nitrogens with one attached hydrogen (secondary N) is 1. The molecule has 0 aromatic carbocycles. The van der Waals surface area contributed by atoms with Crippen molar-refractivity contribution in [3.05, 3.63) is 42.2 Å². The van der Waals surface area contributed by atoms with Crippen LogP contribution in [0.15, 0.2) is 42.3 Å². The van der Waals surface area contributed by atoms with Crippen LogP contribution in [0, 0.1) is 0 Å². The number of pyridine rings is 1. The molecule has 1 fully saturated rings. The normalized spacial score (nSPS) is 13.5. The Balaban J connectivity index is 1.41. The van der Waals surface area contributed by atoms with Gasteiger partial charge in [-0.1, -0.05) is 29.2 Å². The highest BCUT2D eigenvalue weighted by Gasteiger charge is 2.27. The summed E-state index contributed by atoms with van der Waals surface area (Å²) in [6.45, 7) is 4.34. The highest BCUT2D eigenvalue weighted by molar-refractivity contribution is 7.99. The zero-order chi connectivity index (χ0) is 18.6. The zero-order valence-corrected chi connectivity index (χ0v) is 16.0. The summed E-state index contributed by atoms with van der Waals surface area (Å²) in [6.07, 6.45) is 7.52. The average Bonchev–Trinajstić information content (AvgIpc) is 3.31. The van der Waals surface area contributed by atoms with E-state index in [-0.39, 0.29) is 11.7 Å². The molecule has 138 valence electrons. The fourth-order valence-corrected chi connectivity index (χ4v) is 4.15. The lowest BCUT2D eigenvalue weighted by atomic mass is 10.2. The molecule has 0 radical (unpaired) electrons. The van der Waals surface area contributed by atoms with Crippen molar-refractivity contribution < 1.29 is 4.79 Å². The van der Waals surface area contributed by atoms with Gasteiger partial charge in [-0.25, -0.2) is 0 Å². The molecule has 10 heteroatoms. The monoisotopic (exact) mass is 399 g/mol. The van der Waals surface area contributed by atoms with Gasteiger partial charge in [-0.05, 0) is 25.0 Å². The maximum absolute atomic E-state index is 12.2. The molecule has 1 amide bonds. The Morgan fingerprint density at radius 3 is 2.85 bits per heavy atom. The second-order valence-electron chi connectivity index (χ2n) is 6.00. The van der Waals surface area contributed by atoms with Crippen LogP contribution in [0.4, 0.5) is 5.13 Å². The quantitative estimate of drug-likeness (QED) is 0.459. The van der Waals surface area contributed by atoms with Gasteiger partial charge in [0.1, 0.15) is 5.01 Å². The Hall–Kier alpha value is -2.59. The molecule has 1 aliphatic carbocycles. The summed E-state index contributed by atoms with van der Waals surface area (Å²) >= 11 is 2.78. The average molecular weight is 400 g/mol. The number of aromatic nitrogens is 6. The molecule has 1 saturated carbocycles. The summed E-state index contributed by atoms with van der Waals surface area (Å²) in [5.41, 5.74) is 0.914. The van der Waals surface area contributed by atoms with Gasteiger partial charge in [-0.2, -0.15) is 0 Å². The lowest BCUT2D eigenvalue weighted by Crippen LogP contribution is -2.14. The third kappa shape index (κ3) is 4.22. The first-order valence-corrected chi connectivity index (χ1v) is 10.3. The second kappa shape index (κ2) is 7.97. The van der Waals surface area contributed by atoms with Gasteiger partial charge in [0.2, 0.25) is 11.0 Å². The van der Waals surface area contributed by atoms with E-state index in [1.165, 1.54) is 23.1 Å². The van der Waals surface area contributed by atoms with Gasteiger partial charge in [0.15, 0.2) is 11.0 Å². The highest BCUT2D eigenvalue weighted by atomic mass is 32.2. The van der Waals surface area contributed by atoms with E-state index in [2.05, 4.69) is 37.3 Å². The van der Waals surface area contributed by atoms with Crippen molar-refractivity contribution in [3.63, 3.8) is 0 Å². The first-order valence-electron chi connectivity index (χ1n) is 8.45. The van der Waals surface area contributed by atoms with E-state index in [1.54, 1.807) is 18.5 Å². The van der Waals surface area contributed by atoms with E-state index >= 15 is 0 Å². The molecule has 27 heavy (non-hydrogen) atoms. The molecule has 0 bridgehead atoms. The van der Waals surface area contributed by atoms with Gasteiger partial charge >= 0.3 is 0 Å². The van der Waals surface area contributed by atoms with Crippen LogP contribution in [0.5, 0.6) is 0 Å². The molecule has 3 aromatic heterocycles. The Morgan fingerprint density at radius 2 is 2.11 bits per heavy atom. The molecule has 4 rings (SSSR count). The predicted molar refractivity (Wildman–Crippen MR) is 105 cm³/mol. The van der Waals surface area contributed by atoms with Crippen LogP contribution in [0.1, 0.15) is 23.8 Å². The third-order valence-corrected chi connectivity index (χ3v) is 5.88. The minimum atomic E-state index is -0.142. The largest absolute Gasteiger partial charge is 0.300 e. The summed E-state index contributed by atoms with van der Waals surface area (Å²) in [5, 5.41) is 21.7. The molecule has 1 N–H and O–H groups in total. The standard InChI is InChI=1S/C17H17N7OS2/c1-2-9-24-14(11-5-7-18-8-6-11)20-23-17(24)26-10-13(25)19-16-22-21-15(27-16)12-3-4-12/h2,5-8,12H,1,3-4,9-10H2,(H,19,22,25). The molecular formula is C17H17N7OS2. The summed E-state index contributed by atoms with van der Waals surface area (Å²) in [6, 6.07) is 3.75. The first kappa shape index (κ1) is 17.8. The number of anilines is 1. The highest BCUT2D eigenvalue weighted by Crippen LogP contribution is 2.42. The van der Waals surface area contributed by atoms with Gasteiger partial charge in [-0.3, -0.25) is 19.7 Å². The summed E-state index contributed by atoms with van der Waals surface area (Å²) in [7, 11) is 0. The van der Waals surface area contributed by atoms with Crippen molar-refractivity contribution in [2.45, 2.75) is 30.5 Å². The molecule has 0 unspecified atom stereocenters. The van der Waals surface area contributed by atoms with E-state index in [4.69, 9.17) is 0 Å². The van der Waals surface area contributed by atoms with Gasteiger partial charge in [0, 0.05) is 30.4 Å². The molecule has 0 spiro atoms. The van der Waals surface area contributed by atoms with Crippen LogP contribution in [-0.4, -0.2) is 41.6 Å². The smallest absolute Gasteiger partial charge is 0.236 e. The van der Waals surface area contributed by atoms with E-state index < -0.39 is 0 Å². The number of allylic oxidation sites excluding steroid dienone is 1. The van der Waals surface area contributed by atoms with Gasteiger partial charge < -0.3 is 0 Å². The maximum Gasteiger partial charge on any atom is 0.236 e. The summed E-state index contributed by atoms with van der Waals surface area (Å²) in [5.74, 6) is 1.33. The van der Waals surface area contributed by atoms with Crippen molar-refractivity contribution in [3.8, 4) is 11.4 Å². The number of carbonyl (C=O) groups excluding carboxylic acids is 1. The fourth-order valence-electron chi connectivity index (χ4n) is 2.47. The SMILES string of the molecule is C=CCn1c(SCC(=O)Nc2nnc(C3CC3)s2)nnc1-c1ccncc1. The Kier molecular flexibility index (Phi) is 5.26. The molecule has 3 aromatic rings. The number of carbonyl (C=O) groups is 1. The summed E-state index contributed by atoms with van der Waals surface area (Å²) < 4.78 is 1.93.